The molecule has 1 aliphatic heterocycles. The lowest BCUT2D eigenvalue weighted by Crippen LogP contribution is -2.45. The predicted octanol–water partition coefficient (Wildman–Crippen LogP) is 1.10. The zero-order valence-electron chi connectivity index (χ0n) is 11.7. The third-order valence-electron chi connectivity index (χ3n) is 3.52. The van der Waals surface area contributed by atoms with Crippen LogP contribution in [0, 0.1) is 0 Å². The highest BCUT2D eigenvalue weighted by Crippen LogP contribution is 2.22. The van der Waals surface area contributed by atoms with E-state index in [1.807, 2.05) is 26.2 Å². The molecule has 5 nitrogen and oxygen atoms in total. The van der Waals surface area contributed by atoms with Crippen LogP contribution in [0.1, 0.15) is 18.4 Å². The number of pyridine rings is 1. The Morgan fingerprint density at radius 3 is 2.89 bits per heavy atom. The Hall–Kier alpha value is -1.17. The number of aromatic nitrogens is 1. The Balaban J connectivity index is 1.91. The number of ether oxygens (including phenoxy) is 1. The lowest BCUT2D eigenvalue weighted by Gasteiger charge is -2.35. The molecular formula is C14H23N3O2. The SMILES string of the molecule is CNc1cc(CN(C)CC2(O)CCOCC2)ccn1. The molecule has 2 rings (SSSR count). The van der Waals surface area contributed by atoms with Crippen molar-refractivity contribution in [2.75, 3.05) is 39.2 Å². The zero-order chi connectivity index (χ0) is 13.7. The van der Waals surface area contributed by atoms with Gasteiger partial charge in [-0.25, -0.2) is 4.98 Å². The molecule has 19 heavy (non-hydrogen) atoms. The second kappa shape index (κ2) is 6.32. The Morgan fingerprint density at radius 1 is 1.47 bits per heavy atom. The molecule has 0 atom stereocenters. The molecule has 1 aromatic rings. The van der Waals surface area contributed by atoms with E-state index in [4.69, 9.17) is 4.74 Å². The summed E-state index contributed by atoms with van der Waals surface area (Å²) in [6.07, 6.45) is 3.24. The molecular weight excluding hydrogens is 242 g/mol. The minimum Gasteiger partial charge on any atom is -0.388 e. The van der Waals surface area contributed by atoms with Crippen molar-refractivity contribution in [3.63, 3.8) is 0 Å². The van der Waals surface area contributed by atoms with Gasteiger partial charge in [-0.15, -0.1) is 0 Å². The van der Waals surface area contributed by atoms with Gasteiger partial charge < -0.3 is 15.2 Å². The highest BCUT2D eigenvalue weighted by atomic mass is 16.5. The fraction of sp³-hybridized carbons (Fsp3) is 0.643. The first-order chi connectivity index (χ1) is 9.11. The van der Waals surface area contributed by atoms with Crippen LogP contribution in [0.2, 0.25) is 0 Å². The Morgan fingerprint density at radius 2 is 2.21 bits per heavy atom. The van der Waals surface area contributed by atoms with E-state index in [2.05, 4.69) is 15.2 Å². The van der Waals surface area contributed by atoms with E-state index >= 15 is 0 Å². The fourth-order valence-corrected chi connectivity index (χ4v) is 2.49. The molecule has 1 saturated heterocycles. The van der Waals surface area contributed by atoms with Crippen LogP contribution in [0.4, 0.5) is 5.82 Å². The van der Waals surface area contributed by atoms with Gasteiger partial charge in [-0.3, -0.25) is 4.90 Å². The first-order valence-corrected chi connectivity index (χ1v) is 6.73. The van der Waals surface area contributed by atoms with Gasteiger partial charge in [0.25, 0.3) is 0 Å². The number of nitrogens with one attached hydrogen (secondary N) is 1. The van der Waals surface area contributed by atoms with Crippen LogP contribution in [0.3, 0.4) is 0 Å². The summed E-state index contributed by atoms with van der Waals surface area (Å²) in [6.45, 7) is 2.79. The molecule has 2 heterocycles. The van der Waals surface area contributed by atoms with E-state index < -0.39 is 5.60 Å². The molecule has 1 aliphatic rings. The smallest absolute Gasteiger partial charge is 0.125 e. The largest absolute Gasteiger partial charge is 0.388 e. The van der Waals surface area contributed by atoms with Crippen LogP contribution in [0.5, 0.6) is 0 Å². The number of nitrogens with zero attached hydrogens (tertiary/aromatic N) is 2. The minimum atomic E-state index is -0.605. The van der Waals surface area contributed by atoms with Crippen LogP contribution in [0.15, 0.2) is 18.3 Å². The molecule has 0 unspecified atom stereocenters. The summed E-state index contributed by atoms with van der Waals surface area (Å²) in [5.41, 5.74) is 0.587. The molecule has 0 spiro atoms. The lowest BCUT2D eigenvalue weighted by atomic mass is 9.94. The Bertz CT molecular complexity index is 405. The van der Waals surface area contributed by atoms with Gasteiger partial charge >= 0.3 is 0 Å². The first kappa shape index (κ1) is 14.2. The molecule has 0 bridgehead atoms. The number of anilines is 1. The number of rotatable bonds is 5. The van der Waals surface area contributed by atoms with Crippen molar-refractivity contribution in [3.05, 3.63) is 23.9 Å². The molecule has 0 radical (unpaired) electrons. The van der Waals surface area contributed by atoms with Crippen molar-refractivity contribution in [1.29, 1.82) is 0 Å². The van der Waals surface area contributed by atoms with Gasteiger partial charge in [0.2, 0.25) is 0 Å². The second-order valence-corrected chi connectivity index (χ2v) is 5.31. The van der Waals surface area contributed by atoms with E-state index in [0.717, 1.165) is 25.2 Å². The van der Waals surface area contributed by atoms with Gasteiger partial charge in [-0.1, -0.05) is 0 Å². The van der Waals surface area contributed by atoms with Crippen molar-refractivity contribution in [2.24, 2.45) is 0 Å². The van der Waals surface area contributed by atoms with Crippen molar-refractivity contribution < 1.29 is 9.84 Å². The summed E-state index contributed by atoms with van der Waals surface area (Å²) < 4.78 is 5.30. The standard InChI is InChI=1S/C14H23N3O2/c1-15-13-9-12(3-6-16-13)10-17(2)11-14(18)4-7-19-8-5-14/h3,6,9,18H,4-5,7-8,10-11H2,1-2H3,(H,15,16). The van der Waals surface area contributed by atoms with Crippen molar-refractivity contribution in [3.8, 4) is 0 Å². The molecule has 106 valence electrons. The maximum absolute atomic E-state index is 10.5. The molecule has 0 amide bonds. The van der Waals surface area contributed by atoms with Gasteiger partial charge in [0.05, 0.1) is 5.60 Å². The molecule has 5 heteroatoms. The van der Waals surface area contributed by atoms with Gasteiger partial charge in [-0.2, -0.15) is 0 Å². The van der Waals surface area contributed by atoms with Gasteiger partial charge in [0.1, 0.15) is 5.82 Å². The number of hydrogen-bond acceptors (Lipinski definition) is 5. The summed E-state index contributed by atoms with van der Waals surface area (Å²) in [4.78, 5) is 6.35. The maximum Gasteiger partial charge on any atom is 0.125 e. The minimum absolute atomic E-state index is 0.605. The normalized spacial score (nSPS) is 18.5. The summed E-state index contributed by atoms with van der Waals surface area (Å²) in [5, 5.41) is 13.5. The van der Waals surface area contributed by atoms with E-state index in [-0.39, 0.29) is 0 Å². The molecule has 0 saturated carbocycles. The van der Waals surface area contributed by atoms with E-state index in [9.17, 15) is 5.11 Å². The quantitative estimate of drug-likeness (QED) is 0.835. The highest BCUT2D eigenvalue weighted by Gasteiger charge is 2.30. The fourth-order valence-electron chi connectivity index (χ4n) is 2.49. The molecule has 0 aromatic carbocycles. The highest BCUT2D eigenvalue weighted by molar-refractivity contribution is 5.36. The second-order valence-electron chi connectivity index (χ2n) is 5.31. The average molecular weight is 265 g/mol. The predicted molar refractivity (Wildman–Crippen MR) is 75.1 cm³/mol. The average Bonchev–Trinajstić information content (AvgIpc) is 2.39. The van der Waals surface area contributed by atoms with E-state index in [0.29, 0.717) is 19.8 Å². The summed E-state index contributed by atoms with van der Waals surface area (Å²) in [7, 11) is 3.90. The number of likely N-dealkylation sites (N-methyl/N-ethyl adjacent to an activating group) is 1. The number of aliphatic hydroxyl groups is 1. The lowest BCUT2D eigenvalue weighted by molar-refractivity contribution is -0.0777. The van der Waals surface area contributed by atoms with Gasteiger partial charge in [-0.05, 0) is 24.7 Å². The third-order valence-corrected chi connectivity index (χ3v) is 3.52. The molecule has 1 fully saturated rings. The topological polar surface area (TPSA) is 57.6 Å². The van der Waals surface area contributed by atoms with Crippen molar-refractivity contribution in [1.82, 2.24) is 9.88 Å². The van der Waals surface area contributed by atoms with Crippen LogP contribution in [-0.4, -0.2) is 54.4 Å². The monoisotopic (exact) mass is 265 g/mol. The molecule has 0 aliphatic carbocycles. The van der Waals surface area contributed by atoms with Gasteiger partial charge in [0.15, 0.2) is 0 Å². The first-order valence-electron chi connectivity index (χ1n) is 6.73. The third kappa shape index (κ3) is 4.16. The van der Waals surface area contributed by atoms with Crippen LogP contribution >= 0.6 is 0 Å². The van der Waals surface area contributed by atoms with E-state index in [1.54, 1.807) is 6.20 Å². The Kier molecular flexibility index (Phi) is 4.74. The maximum atomic E-state index is 10.5. The molecule has 1 aromatic heterocycles. The Labute approximate surface area is 114 Å². The van der Waals surface area contributed by atoms with Gasteiger partial charge in [0, 0.05) is 52.4 Å². The summed E-state index contributed by atoms with van der Waals surface area (Å²) >= 11 is 0. The van der Waals surface area contributed by atoms with Crippen LogP contribution in [0.25, 0.3) is 0 Å². The molecule has 2 N–H and O–H groups in total. The summed E-state index contributed by atoms with van der Waals surface area (Å²) in [6, 6.07) is 4.04. The zero-order valence-corrected chi connectivity index (χ0v) is 11.7. The van der Waals surface area contributed by atoms with Crippen molar-refractivity contribution >= 4 is 5.82 Å². The number of hydrogen-bond donors (Lipinski definition) is 2. The summed E-state index contributed by atoms with van der Waals surface area (Å²) in [5.74, 6) is 0.871. The van der Waals surface area contributed by atoms with Crippen molar-refractivity contribution in [2.45, 2.75) is 25.0 Å². The van der Waals surface area contributed by atoms with Crippen LogP contribution in [-0.2, 0) is 11.3 Å². The van der Waals surface area contributed by atoms with Crippen LogP contribution < -0.4 is 5.32 Å². The van der Waals surface area contributed by atoms with E-state index in [1.165, 1.54) is 5.56 Å².